The number of benzene rings is 2. The summed E-state index contributed by atoms with van der Waals surface area (Å²) in [5.41, 5.74) is 5.64. The third-order valence-electron chi connectivity index (χ3n) is 4.66. The number of ketones is 1. The van der Waals surface area contributed by atoms with Crippen molar-refractivity contribution in [1.29, 1.82) is 0 Å². The van der Waals surface area contributed by atoms with E-state index in [1.54, 1.807) is 6.33 Å². The van der Waals surface area contributed by atoms with Crippen LogP contribution in [-0.2, 0) is 0 Å². The van der Waals surface area contributed by atoms with E-state index in [4.69, 9.17) is 11.4 Å². The Balaban J connectivity index is 2.08. The average Bonchev–Trinajstić information content (AvgIpc) is 3.07. The van der Waals surface area contributed by atoms with E-state index < -0.39 is 0 Å². The fraction of sp³-hybridized carbons (Fsp3) is 0.136. The van der Waals surface area contributed by atoms with Crippen molar-refractivity contribution in [1.82, 2.24) is 9.55 Å². The Hall–Kier alpha value is -2.97. The monoisotopic (exact) mass is 417 g/mol. The minimum atomic E-state index is -0.241. The van der Waals surface area contributed by atoms with Gasteiger partial charge in [-0.05, 0) is 31.2 Å². The molecule has 1 aliphatic heterocycles. The highest BCUT2D eigenvalue weighted by atomic mass is 79.9. The van der Waals surface area contributed by atoms with Crippen molar-refractivity contribution < 1.29 is 4.79 Å². The van der Waals surface area contributed by atoms with Crippen molar-refractivity contribution in [2.75, 3.05) is 0 Å². The predicted octanol–water partition coefficient (Wildman–Crippen LogP) is 4.73. The molecule has 5 heteroatoms. The van der Waals surface area contributed by atoms with Gasteiger partial charge in [0.25, 0.3) is 0 Å². The Morgan fingerprint density at radius 1 is 1.22 bits per heavy atom. The van der Waals surface area contributed by atoms with Gasteiger partial charge in [-0.3, -0.25) is 14.4 Å². The maximum absolute atomic E-state index is 12.1. The van der Waals surface area contributed by atoms with Gasteiger partial charge in [-0.1, -0.05) is 40.0 Å². The summed E-state index contributed by atoms with van der Waals surface area (Å²) in [7, 11) is 0. The SMILES string of the molecule is C#Cc1ccc2c(c1)C(c1ccccc1Br)=N[C@H](C)c1c(C(C)=O)ncn1-2. The van der Waals surface area contributed by atoms with E-state index in [1.807, 2.05) is 54.0 Å². The maximum Gasteiger partial charge on any atom is 0.180 e. The van der Waals surface area contributed by atoms with E-state index in [0.29, 0.717) is 5.69 Å². The first-order chi connectivity index (χ1) is 13.0. The van der Waals surface area contributed by atoms with Gasteiger partial charge in [0.2, 0.25) is 0 Å². The summed E-state index contributed by atoms with van der Waals surface area (Å²) < 4.78 is 2.90. The highest BCUT2D eigenvalue weighted by molar-refractivity contribution is 9.10. The summed E-state index contributed by atoms with van der Waals surface area (Å²) in [6.45, 7) is 3.51. The summed E-state index contributed by atoms with van der Waals surface area (Å²) in [6, 6.07) is 13.5. The van der Waals surface area contributed by atoms with Crippen LogP contribution in [0.25, 0.3) is 5.69 Å². The number of nitrogens with zero attached hydrogens (tertiary/aromatic N) is 3. The van der Waals surface area contributed by atoms with Crippen molar-refractivity contribution in [2.45, 2.75) is 19.9 Å². The van der Waals surface area contributed by atoms with Crippen LogP contribution < -0.4 is 0 Å². The zero-order valence-electron chi connectivity index (χ0n) is 14.9. The Kier molecular flexibility index (Phi) is 4.29. The number of imidazole rings is 1. The van der Waals surface area contributed by atoms with Crippen molar-refractivity contribution in [3.05, 3.63) is 81.3 Å². The number of aliphatic imine (C=N–C) groups is 1. The molecule has 0 spiro atoms. The van der Waals surface area contributed by atoms with E-state index in [9.17, 15) is 4.79 Å². The van der Waals surface area contributed by atoms with E-state index in [2.05, 4.69) is 26.8 Å². The molecule has 0 aliphatic carbocycles. The molecule has 0 saturated heterocycles. The third-order valence-corrected chi connectivity index (χ3v) is 5.35. The molecule has 2 heterocycles. The molecule has 0 amide bonds. The van der Waals surface area contributed by atoms with Crippen molar-refractivity contribution in [3.8, 4) is 18.0 Å². The molecule has 4 nitrogen and oxygen atoms in total. The van der Waals surface area contributed by atoms with Crippen LogP contribution in [-0.4, -0.2) is 21.0 Å². The molecule has 0 radical (unpaired) electrons. The Morgan fingerprint density at radius 2 is 2.00 bits per heavy atom. The van der Waals surface area contributed by atoms with Gasteiger partial charge >= 0.3 is 0 Å². The number of fused-ring (bicyclic) bond motifs is 3. The van der Waals surface area contributed by atoms with Crippen molar-refractivity contribution >= 4 is 27.4 Å². The molecule has 0 saturated carbocycles. The summed E-state index contributed by atoms with van der Waals surface area (Å²) in [5, 5.41) is 0. The molecule has 1 aliphatic rings. The van der Waals surface area contributed by atoms with Crippen LogP contribution in [0.2, 0.25) is 0 Å². The molecule has 2 aromatic carbocycles. The fourth-order valence-corrected chi connectivity index (χ4v) is 3.91. The van der Waals surface area contributed by atoms with E-state index in [0.717, 1.165) is 38.3 Å². The molecule has 1 atom stereocenters. The van der Waals surface area contributed by atoms with E-state index in [1.165, 1.54) is 6.92 Å². The van der Waals surface area contributed by atoms with Crippen LogP contribution in [0, 0.1) is 12.3 Å². The number of carbonyl (C=O) groups is 1. The van der Waals surface area contributed by atoms with Crippen LogP contribution in [0.4, 0.5) is 0 Å². The van der Waals surface area contributed by atoms with Gasteiger partial charge in [0.1, 0.15) is 12.0 Å². The van der Waals surface area contributed by atoms with Gasteiger partial charge < -0.3 is 0 Å². The van der Waals surface area contributed by atoms with Gasteiger partial charge in [-0.15, -0.1) is 6.42 Å². The highest BCUT2D eigenvalue weighted by Crippen LogP contribution is 2.34. The largest absolute Gasteiger partial charge is 0.300 e. The van der Waals surface area contributed by atoms with Crippen LogP contribution in [0.3, 0.4) is 0 Å². The molecule has 0 bridgehead atoms. The van der Waals surface area contributed by atoms with Gasteiger partial charge in [0.05, 0.1) is 23.1 Å². The second-order valence-corrected chi connectivity index (χ2v) is 7.27. The third kappa shape index (κ3) is 2.83. The van der Waals surface area contributed by atoms with Gasteiger partial charge in [0.15, 0.2) is 5.78 Å². The molecule has 0 N–H and O–H groups in total. The quantitative estimate of drug-likeness (QED) is 0.446. The van der Waals surface area contributed by atoms with Crippen LogP contribution >= 0.6 is 15.9 Å². The molecule has 0 unspecified atom stereocenters. The average molecular weight is 418 g/mol. The minimum Gasteiger partial charge on any atom is -0.300 e. The topological polar surface area (TPSA) is 47.2 Å². The second kappa shape index (κ2) is 6.64. The summed E-state index contributed by atoms with van der Waals surface area (Å²) in [4.78, 5) is 21.4. The summed E-state index contributed by atoms with van der Waals surface area (Å²) >= 11 is 3.63. The highest BCUT2D eigenvalue weighted by Gasteiger charge is 2.27. The lowest BCUT2D eigenvalue weighted by atomic mass is 9.98. The van der Waals surface area contributed by atoms with Crippen LogP contribution in [0.1, 0.15) is 52.8 Å². The Bertz CT molecular complexity index is 1150. The van der Waals surface area contributed by atoms with Crippen molar-refractivity contribution in [2.24, 2.45) is 4.99 Å². The van der Waals surface area contributed by atoms with E-state index in [-0.39, 0.29) is 11.8 Å². The number of rotatable bonds is 2. The first kappa shape index (κ1) is 17.4. The number of carbonyl (C=O) groups excluding carboxylic acids is 1. The lowest BCUT2D eigenvalue weighted by Crippen LogP contribution is -2.08. The number of terminal acetylenes is 1. The first-order valence-corrected chi connectivity index (χ1v) is 9.33. The smallest absolute Gasteiger partial charge is 0.180 e. The summed E-state index contributed by atoms with van der Waals surface area (Å²) in [5.74, 6) is 2.62. The first-order valence-electron chi connectivity index (χ1n) is 8.53. The maximum atomic E-state index is 12.1. The summed E-state index contributed by atoms with van der Waals surface area (Å²) in [6.07, 6.45) is 7.33. The zero-order valence-corrected chi connectivity index (χ0v) is 16.5. The molecule has 4 rings (SSSR count). The molecule has 1 aromatic heterocycles. The fourth-order valence-electron chi connectivity index (χ4n) is 3.44. The standard InChI is InChI=1S/C22H16BrN3O/c1-4-15-9-10-19-17(11-15)21(16-7-5-6-8-18(16)23)25-13(2)22-20(14(3)27)24-12-26(19)22/h1,5-13H,2-3H3/t13-/m1/s1. The van der Waals surface area contributed by atoms with E-state index >= 15 is 0 Å². The number of hydrogen-bond donors (Lipinski definition) is 0. The zero-order chi connectivity index (χ0) is 19.1. The van der Waals surface area contributed by atoms with Crippen LogP contribution in [0.15, 0.2) is 58.3 Å². The molecule has 3 aromatic rings. The molecule has 27 heavy (non-hydrogen) atoms. The molecular formula is C22H16BrN3O. The van der Waals surface area contributed by atoms with Gasteiger partial charge in [-0.2, -0.15) is 0 Å². The lowest BCUT2D eigenvalue weighted by molar-refractivity contribution is 0.101. The van der Waals surface area contributed by atoms with Gasteiger partial charge in [-0.25, -0.2) is 4.98 Å². The Labute approximate surface area is 166 Å². The number of hydrogen-bond acceptors (Lipinski definition) is 3. The molecular weight excluding hydrogens is 402 g/mol. The number of Topliss-reactive ketones (excluding diaryl/α,β-unsaturated/α-hetero) is 1. The van der Waals surface area contributed by atoms with Gasteiger partial charge in [0, 0.05) is 28.1 Å². The lowest BCUT2D eigenvalue weighted by Gasteiger charge is -2.13. The van der Waals surface area contributed by atoms with Crippen molar-refractivity contribution in [3.63, 3.8) is 0 Å². The molecule has 0 fully saturated rings. The molecule has 132 valence electrons. The normalized spacial score (nSPS) is 15.2. The number of halogens is 1. The number of aromatic nitrogens is 2. The second-order valence-electron chi connectivity index (χ2n) is 6.41. The Morgan fingerprint density at radius 3 is 2.70 bits per heavy atom. The predicted molar refractivity (Wildman–Crippen MR) is 110 cm³/mol. The van der Waals surface area contributed by atoms with Crippen LogP contribution in [0.5, 0.6) is 0 Å². The minimum absolute atomic E-state index is 0.0723.